The third kappa shape index (κ3) is 2.38. The summed E-state index contributed by atoms with van der Waals surface area (Å²) in [4.78, 5) is 0. The van der Waals surface area contributed by atoms with Crippen LogP contribution < -0.4 is 0 Å². The van der Waals surface area contributed by atoms with Crippen molar-refractivity contribution in [3.63, 3.8) is 0 Å². The number of hydrogen-bond donors (Lipinski definition) is 0. The fourth-order valence-electron chi connectivity index (χ4n) is 1.23. The Balaban J connectivity index is 2.19. The van der Waals surface area contributed by atoms with E-state index in [-0.39, 0.29) is 0 Å². The van der Waals surface area contributed by atoms with E-state index < -0.39 is 0 Å². The van der Waals surface area contributed by atoms with Crippen LogP contribution in [0, 0.1) is 6.42 Å². The minimum atomic E-state index is 0.508. The zero-order chi connectivity index (χ0) is 7.23. The van der Waals surface area contributed by atoms with Crippen LogP contribution in [0.5, 0.6) is 0 Å². The van der Waals surface area contributed by atoms with Gasteiger partial charge in [-0.2, -0.15) is 10.2 Å². The molecule has 0 aromatic carbocycles. The molecule has 0 aliphatic heterocycles. The molecule has 0 saturated heterocycles. The molecule has 0 aromatic rings. The minimum Gasteiger partial charge on any atom is -0.194 e. The largest absolute Gasteiger partial charge is 0.194 e. The SMILES string of the molecule is CCN=NC1C[CH+]CCC1. The molecule has 0 bridgehead atoms. The molecule has 0 N–H and O–H groups in total. The van der Waals surface area contributed by atoms with Gasteiger partial charge in [0.25, 0.3) is 0 Å². The molecule has 56 valence electrons. The van der Waals surface area contributed by atoms with Gasteiger partial charge in [-0.3, -0.25) is 0 Å². The van der Waals surface area contributed by atoms with Gasteiger partial charge < -0.3 is 0 Å². The predicted octanol–water partition coefficient (Wildman–Crippen LogP) is 2.61. The molecule has 1 atom stereocenters. The molecule has 2 heteroatoms. The molecule has 10 heavy (non-hydrogen) atoms. The van der Waals surface area contributed by atoms with Crippen molar-refractivity contribution in [3.8, 4) is 0 Å². The van der Waals surface area contributed by atoms with Crippen LogP contribution in [-0.4, -0.2) is 12.6 Å². The fraction of sp³-hybridized carbons (Fsp3) is 0.875. The zero-order valence-corrected chi connectivity index (χ0v) is 6.58. The quantitative estimate of drug-likeness (QED) is 0.415. The lowest BCUT2D eigenvalue weighted by Crippen LogP contribution is -2.08. The Morgan fingerprint density at radius 3 is 3.10 bits per heavy atom. The van der Waals surface area contributed by atoms with Gasteiger partial charge in [0.2, 0.25) is 0 Å². The van der Waals surface area contributed by atoms with Gasteiger partial charge in [-0.1, -0.05) is 0 Å². The van der Waals surface area contributed by atoms with E-state index >= 15 is 0 Å². The van der Waals surface area contributed by atoms with Gasteiger partial charge in [-0.25, -0.2) is 0 Å². The summed E-state index contributed by atoms with van der Waals surface area (Å²) in [6, 6.07) is 0.508. The standard InChI is InChI=1S/C8H15N2/c1-2-9-10-8-6-4-3-5-7-8/h4,8H,2-3,5-7H2,1H3/q+1. The first-order chi connectivity index (χ1) is 4.93. The van der Waals surface area contributed by atoms with Crippen molar-refractivity contribution in [2.75, 3.05) is 6.54 Å². The molecule has 2 nitrogen and oxygen atoms in total. The maximum atomic E-state index is 4.20. The van der Waals surface area contributed by atoms with E-state index in [1.54, 1.807) is 0 Å². The molecular weight excluding hydrogens is 124 g/mol. The lowest BCUT2D eigenvalue weighted by molar-refractivity contribution is 0.494. The molecule has 0 amide bonds. The Bertz CT molecular complexity index is 104. The van der Waals surface area contributed by atoms with Crippen LogP contribution in [0.3, 0.4) is 0 Å². The maximum absolute atomic E-state index is 4.20. The molecule has 1 aliphatic rings. The van der Waals surface area contributed by atoms with E-state index in [9.17, 15) is 0 Å². The molecule has 0 radical (unpaired) electrons. The van der Waals surface area contributed by atoms with Crippen LogP contribution in [0.4, 0.5) is 0 Å². The summed E-state index contributed by atoms with van der Waals surface area (Å²) in [6.45, 7) is 2.85. The normalized spacial score (nSPS) is 26.7. The van der Waals surface area contributed by atoms with Gasteiger partial charge in [-0.05, 0) is 19.8 Å². The van der Waals surface area contributed by atoms with Gasteiger partial charge in [0.15, 0.2) is 0 Å². The van der Waals surface area contributed by atoms with Crippen LogP contribution in [0.1, 0.15) is 32.6 Å². The van der Waals surface area contributed by atoms with Crippen LogP contribution in [0.2, 0.25) is 0 Å². The van der Waals surface area contributed by atoms with Gasteiger partial charge in [0.1, 0.15) is 12.5 Å². The Hall–Kier alpha value is -0.530. The van der Waals surface area contributed by atoms with E-state index in [0.29, 0.717) is 6.04 Å². The number of nitrogens with zero attached hydrogens (tertiary/aromatic N) is 2. The van der Waals surface area contributed by atoms with Gasteiger partial charge in [0, 0.05) is 0 Å². The van der Waals surface area contributed by atoms with Crippen molar-refractivity contribution in [1.29, 1.82) is 0 Å². The Morgan fingerprint density at radius 1 is 1.60 bits per heavy atom. The minimum absolute atomic E-state index is 0.508. The highest BCUT2D eigenvalue weighted by Crippen LogP contribution is 2.19. The first kappa shape index (κ1) is 7.58. The number of hydrogen-bond acceptors (Lipinski definition) is 2. The van der Waals surface area contributed by atoms with Gasteiger partial charge >= 0.3 is 0 Å². The van der Waals surface area contributed by atoms with Crippen molar-refractivity contribution < 1.29 is 0 Å². The van der Waals surface area contributed by atoms with Gasteiger partial charge in [-0.15, -0.1) is 0 Å². The molecule has 1 fully saturated rings. The maximum Gasteiger partial charge on any atom is 0.112 e. The average molecular weight is 139 g/mol. The van der Waals surface area contributed by atoms with E-state index in [1.165, 1.54) is 19.3 Å². The number of rotatable bonds is 2. The third-order valence-electron chi connectivity index (χ3n) is 1.77. The predicted molar refractivity (Wildman–Crippen MR) is 42.0 cm³/mol. The van der Waals surface area contributed by atoms with Crippen LogP contribution in [0.25, 0.3) is 0 Å². The molecule has 1 rings (SSSR count). The summed E-state index contributed by atoms with van der Waals surface area (Å²) in [5.41, 5.74) is 0. The lowest BCUT2D eigenvalue weighted by atomic mass is 9.96. The second-order valence-electron chi connectivity index (χ2n) is 2.68. The van der Waals surface area contributed by atoms with Crippen molar-refractivity contribution in [2.24, 2.45) is 10.2 Å². The molecule has 1 saturated carbocycles. The van der Waals surface area contributed by atoms with E-state index in [0.717, 1.165) is 13.0 Å². The second kappa shape index (κ2) is 4.31. The van der Waals surface area contributed by atoms with E-state index in [2.05, 4.69) is 16.6 Å². The summed E-state index contributed by atoms with van der Waals surface area (Å²) >= 11 is 0. The first-order valence-electron chi connectivity index (χ1n) is 4.11. The van der Waals surface area contributed by atoms with Crippen molar-refractivity contribution in [2.45, 2.75) is 38.6 Å². The van der Waals surface area contributed by atoms with Crippen molar-refractivity contribution in [1.82, 2.24) is 0 Å². The second-order valence-corrected chi connectivity index (χ2v) is 2.68. The van der Waals surface area contributed by atoms with Crippen molar-refractivity contribution in [3.05, 3.63) is 6.42 Å². The topological polar surface area (TPSA) is 24.7 Å². The molecule has 0 aromatic heterocycles. The first-order valence-corrected chi connectivity index (χ1v) is 4.11. The highest BCUT2D eigenvalue weighted by Gasteiger charge is 2.17. The van der Waals surface area contributed by atoms with E-state index in [1.807, 2.05) is 6.92 Å². The molecule has 0 spiro atoms. The lowest BCUT2D eigenvalue weighted by Gasteiger charge is -2.09. The zero-order valence-electron chi connectivity index (χ0n) is 6.58. The third-order valence-corrected chi connectivity index (χ3v) is 1.77. The van der Waals surface area contributed by atoms with Crippen molar-refractivity contribution >= 4 is 0 Å². The molecule has 0 heterocycles. The summed E-state index contributed by atoms with van der Waals surface area (Å²) in [7, 11) is 0. The highest BCUT2D eigenvalue weighted by atomic mass is 15.1. The summed E-state index contributed by atoms with van der Waals surface area (Å²) in [5.74, 6) is 0. The van der Waals surface area contributed by atoms with Crippen LogP contribution in [0.15, 0.2) is 10.2 Å². The molecular formula is C8H15N2+. The Kier molecular flexibility index (Phi) is 3.27. The van der Waals surface area contributed by atoms with Gasteiger partial charge in [0.05, 0.1) is 19.4 Å². The smallest absolute Gasteiger partial charge is 0.112 e. The fourth-order valence-corrected chi connectivity index (χ4v) is 1.23. The number of azo groups is 1. The summed E-state index contributed by atoms with van der Waals surface area (Å²) in [5, 5.41) is 8.20. The summed E-state index contributed by atoms with van der Waals surface area (Å²) < 4.78 is 0. The van der Waals surface area contributed by atoms with Crippen LogP contribution >= 0.6 is 0 Å². The average Bonchev–Trinajstić information content (AvgIpc) is 2.03. The van der Waals surface area contributed by atoms with E-state index in [4.69, 9.17) is 0 Å². The Labute approximate surface area is 62.7 Å². The monoisotopic (exact) mass is 139 g/mol. The Morgan fingerprint density at radius 2 is 2.50 bits per heavy atom. The summed E-state index contributed by atoms with van der Waals surface area (Å²) in [6.07, 6.45) is 7.28. The molecule has 1 aliphatic carbocycles. The van der Waals surface area contributed by atoms with Crippen LogP contribution in [-0.2, 0) is 0 Å². The molecule has 1 unspecified atom stereocenters. The highest BCUT2D eigenvalue weighted by molar-refractivity contribution is 4.80.